The highest BCUT2D eigenvalue weighted by Crippen LogP contribution is 2.21. The van der Waals surface area contributed by atoms with Gasteiger partial charge < -0.3 is 0 Å². The van der Waals surface area contributed by atoms with Crippen molar-refractivity contribution in [2.24, 2.45) is 0 Å². The van der Waals surface area contributed by atoms with Gasteiger partial charge in [-0.1, -0.05) is 38.4 Å². The Hall–Kier alpha value is 0.450. The Morgan fingerprint density at radius 2 is 1.17 bits per heavy atom. The van der Waals surface area contributed by atoms with Crippen molar-refractivity contribution in [3.05, 3.63) is 10.9 Å². The van der Waals surface area contributed by atoms with E-state index in [9.17, 15) is 0 Å². The van der Waals surface area contributed by atoms with Gasteiger partial charge in [-0.2, -0.15) is 22.9 Å². The van der Waals surface area contributed by atoms with Crippen molar-refractivity contribution in [3.8, 4) is 0 Å². The highest BCUT2D eigenvalue weighted by atomic mass is 35.5. The minimum absolute atomic E-state index is 0.117. The van der Waals surface area contributed by atoms with Gasteiger partial charge in [-0.05, 0) is 12.8 Å². The zero-order chi connectivity index (χ0) is 9.72. The molecule has 0 fully saturated rings. The molecule has 0 nitrogen and oxygen atoms in total. The third kappa shape index (κ3) is 3.45. The largest absolute Gasteiger partial charge is 0.275 e. The molecule has 0 amide bonds. The lowest BCUT2D eigenvalue weighted by Gasteiger charge is -2.13. The second-order valence-corrected chi connectivity index (χ2v) is 4.30. The van der Waals surface area contributed by atoms with Gasteiger partial charge in [0.05, 0.1) is 0 Å². The molecule has 0 aliphatic carbocycles. The Kier molecular flexibility index (Phi) is 6.21. The molecule has 12 heavy (non-hydrogen) atoms. The average molecular weight is 205 g/mol. The van der Waals surface area contributed by atoms with E-state index in [0.717, 1.165) is 12.8 Å². The fraction of sp³-hybridized carbons (Fsp3) is 0.750. The minimum Gasteiger partial charge on any atom is -0.190 e. The van der Waals surface area contributed by atoms with E-state index in [2.05, 4.69) is 13.8 Å². The number of allylic oxidation sites excluding steroid dienone is 2. The summed E-state index contributed by atoms with van der Waals surface area (Å²) in [4.78, 5) is 0. The molecule has 0 unspecified atom stereocenters. The Bertz CT molecular complexity index is 146. The topological polar surface area (TPSA) is 0 Å². The fourth-order valence-corrected chi connectivity index (χ4v) is 2.12. The van der Waals surface area contributed by atoms with Crippen LogP contribution in [0.5, 0.6) is 0 Å². The second kappa shape index (κ2) is 5.99. The quantitative estimate of drug-likeness (QED) is 0.610. The smallest absolute Gasteiger partial charge is 0.190 e. The van der Waals surface area contributed by atoms with Gasteiger partial charge in [-0.25, -0.2) is 0 Å². The van der Waals surface area contributed by atoms with E-state index in [0.29, 0.717) is 0 Å². The highest BCUT2D eigenvalue weighted by molar-refractivity contribution is 7.14. The van der Waals surface area contributed by atoms with E-state index in [1.165, 1.54) is 10.9 Å². The average Bonchev–Trinajstić information content (AvgIpc) is 1.98. The lowest BCUT2D eigenvalue weighted by Crippen LogP contribution is -2.13. The summed E-state index contributed by atoms with van der Waals surface area (Å²) < 4.78 is 0. The van der Waals surface area contributed by atoms with Gasteiger partial charge in [-0.3, -0.25) is 0 Å². The predicted molar refractivity (Wildman–Crippen MR) is 62.6 cm³/mol. The normalized spacial score (nSPS) is 12.5. The van der Waals surface area contributed by atoms with Crippen LogP contribution < -0.4 is 0 Å². The molecule has 0 N–H and O–H groups in total. The molecule has 68 valence electrons. The number of hydrogen-bond acceptors (Lipinski definition) is 0. The van der Waals surface area contributed by atoms with Gasteiger partial charge in [0.25, 0.3) is 12.3 Å². The first-order chi connectivity index (χ1) is 5.54. The SMILES string of the molecule is CC/C(B(C)Cl)=C(\CC)B(C)Cl. The van der Waals surface area contributed by atoms with Gasteiger partial charge in [-0.15, -0.1) is 0 Å². The van der Waals surface area contributed by atoms with Crippen LogP contribution in [0.4, 0.5) is 0 Å². The van der Waals surface area contributed by atoms with E-state index >= 15 is 0 Å². The molecule has 0 rings (SSSR count). The molecule has 0 spiro atoms. The summed E-state index contributed by atoms with van der Waals surface area (Å²) in [6.45, 7) is 8.27. The molecular weight excluding hydrogens is 189 g/mol. The molecular formula is C8H16B2Cl2. The molecule has 0 heterocycles. The lowest BCUT2D eigenvalue weighted by molar-refractivity contribution is 1.10. The number of rotatable bonds is 4. The molecule has 0 aromatic heterocycles. The zero-order valence-electron chi connectivity index (χ0n) is 8.32. The van der Waals surface area contributed by atoms with Crippen LogP contribution >= 0.6 is 22.9 Å². The van der Waals surface area contributed by atoms with Crippen molar-refractivity contribution >= 4 is 35.2 Å². The van der Waals surface area contributed by atoms with Crippen LogP contribution in [0.2, 0.25) is 13.6 Å². The third-order valence-corrected chi connectivity index (χ3v) is 2.66. The zero-order valence-corrected chi connectivity index (χ0v) is 9.84. The summed E-state index contributed by atoms with van der Waals surface area (Å²) in [5, 5.41) is 0. The first kappa shape index (κ1) is 12.4. The lowest BCUT2D eigenvalue weighted by atomic mass is 9.57. The number of hydrogen-bond donors (Lipinski definition) is 0. The first-order valence-corrected chi connectivity index (χ1v) is 5.41. The van der Waals surface area contributed by atoms with Gasteiger partial charge >= 0.3 is 0 Å². The van der Waals surface area contributed by atoms with Crippen LogP contribution in [0.25, 0.3) is 0 Å². The van der Waals surface area contributed by atoms with E-state index in [1.807, 2.05) is 13.6 Å². The van der Waals surface area contributed by atoms with Crippen molar-refractivity contribution in [3.63, 3.8) is 0 Å². The molecule has 0 atom stereocenters. The van der Waals surface area contributed by atoms with Crippen LogP contribution in [-0.2, 0) is 0 Å². The highest BCUT2D eigenvalue weighted by Gasteiger charge is 2.17. The summed E-state index contributed by atoms with van der Waals surface area (Å²) in [5.74, 6) is 0. The third-order valence-electron chi connectivity index (χ3n) is 2.13. The summed E-state index contributed by atoms with van der Waals surface area (Å²) >= 11 is 12.1. The Labute approximate surface area is 86.7 Å². The first-order valence-electron chi connectivity index (χ1n) is 4.54. The molecule has 0 aliphatic heterocycles. The van der Waals surface area contributed by atoms with Crippen molar-refractivity contribution in [2.45, 2.75) is 40.3 Å². The number of halogens is 2. The Balaban J connectivity index is 4.74. The fourth-order valence-electron chi connectivity index (χ4n) is 1.53. The summed E-state index contributed by atoms with van der Waals surface area (Å²) in [5.41, 5.74) is 2.61. The van der Waals surface area contributed by atoms with Gasteiger partial charge in [0.15, 0.2) is 0 Å². The van der Waals surface area contributed by atoms with Crippen LogP contribution in [0, 0.1) is 0 Å². The molecule has 0 saturated carbocycles. The van der Waals surface area contributed by atoms with Crippen molar-refractivity contribution in [1.29, 1.82) is 0 Å². The van der Waals surface area contributed by atoms with E-state index in [4.69, 9.17) is 22.9 Å². The molecule has 0 radical (unpaired) electrons. The van der Waals surface area contributed by atoms with E-state index in [-0.39, 0.29) is 12.3 Å². The predicted octanol–water partition coefficient (Wildman–Crippen LogP) is 3.90. The van der Waals surface area contributed by atoms with Gasteiger partial charge in [0, 0.05) is 0 Å². The van der Waals surface area contributed by atoms with E-state index in [1.54, 1.807) is 0 Å². The van der Waals surface area contributed by atoms with Crippen molar-refractivity contribution < 1.29 is 0 Å². The maximum atomic E-state index is 6.04. The van der Waals surface area contributed by atoms with Gasteiger partial charge in [0.1, 0.15) is 0 Å². The Morgan fingerprint density at radius 3 is 1.25 bits per heavy atom. The monoisotopic (exact) mass is 204 g/mol. The summed E-state index contributed by atoms with van der Waals surface area (Å²) in [7, 11) is 0. The molecule has 0 bridgehead atoms. The Morgan fingerprint density at radius 1 is 0.917 bits per heavy atom. The molecule has 0 saturated heterocycles. The van der Waals surface area contributed by atoms with Crippen LogP contribution in [-0.4, -0.2) is 12.3 Å². The van der Waals surface area contributed by atoms with Gasteiger partial charge in [0.2, 0.25) is 0 Å². The van der Waals surface area contributed by atoms with Crippen molar-refractivity contribution in [2.75, 3.05) is 0 Å². The molecule has 0 aliphatic rings. The maximum Gasteiger partial charge on any atom is 0.275 e. The maximum absolute atomic E-state index is 6.04. The minimum atomic E-state index is 0.117. The second-order valence-electron chi connectivity index (χ2n) is 2.99. The van der Waals surface area contributed by atoms with Crippen LogP contribution in [0.15, 0.2) is 10.9 Å². The molecule has 0 aromatic rings. The molecule has 4 heteroatoms. The molecule has 0 aromatic carbocycles. The van der Waals surface area contributed by atoms with Crippen molar-refractivity contribution in [1.82, 2.24) is 0 Å². The van der Waals surface area contributed by atoms with Crippen LogP contribution in [0.3, 0.4) is 0 Å². The van der Waals surface area contributed by atoms with E-state index < -0.39 is 0 Å². The summed E-state index contributed by atoms with van der Waals surface area (Å²) in [6, 6.07) is 0. The van der Waals surface area contributed by atoms with Crippen LogP contribution in [0.1, 0.15) is 26.7 Å². The standard InChI is InChI=1S/C8H16B2Cl2/c1-5-7(9(3)11)8(6-2)10(4)12/h5-6H2,1-4H3/b8-7-. The summed E-state index contributed by atoms with van der Waals surface area (Å²) in [6.07, 6.45) is 2.24.